The summed E-state index contributed by atoms with van der Waals surface area (Å²) in [7, 11) is 0. The number of benzene rings is 1. The van der Waals surface area contributed by atoms with Gasteiger partial charge in [-0.15, -0.1) is 0 Å². The Morgan fingerprint density at radius 3 is 2.74 bits per heavy atom. The second-order valence-electron chi connectivity index (χ2n) is 7.11. The SMILES string of the molecule is Cc1cn(C2CCCCC2)nc1NC(=O)Nc1cccc(CCC(=O)O)c1. The van der Waals surface area contributed by atoms with Crippen molar-refractivity contribution in [2.45, 2.75) is 57.9 Å². The van der Waals surface area contributed by atoms with Crippen molar-refractivity contribution in [3.8, 4) is 0 Å². The van der Waals surface area contributed by atoms with E-state index in [1.807, 2.05) is 23.9 Å². The summed E-state index contributed by atoms with van der Waals surface area (Å²) in [5.74, 6) is -0.268. The molecule has 0 radical (unpaired) electrons. The number of aliphatic carboxylic acids is 1. The van der Waals surface area contributed by atoms with Gasteiger partial charge in [0.25, 0.3) is 0 Å². The minimum atomic E-state index is -0.838. The fourth-order valence-corrected chi connectivity index (χ4v) is 3.46. The summed E-state index contributed by atoms with van der Waals surface area (Å²) >= 11 is 0. The van der Waals surface area contributed by atoms with E-state index in [4.69, 9.17) is 5.11 Å². The Labute approximate surface area is 158 Å². The van der Waals surface area contributed by atoms with E-state index in [2.05, 4.69) is 15.7 Å². The number of aryl methyl sites for hydroxylation is 2. The van der Waals surface area contributed by atoms with E-state index in [-0.39, 0.29) is 12.5 Å². The fraction of sp³-hybridized carbons (Fsp3) is 0.450. The Morgan fingerprint density at radius 1 is 1.22 bits per heavy atom. The fourth-order valence-electron chi connectivity index (χ4n) is 3.46. The summed E-state index contributed by atoms with van der Waals surface area (Å²) < 4.78 is 1.98. The summed E-state index contributed by atoms with van der Waals surface area (Å²) in [6.07, 6.45) is 8.50. The molecule has 7 nitrogen and oxygen atoms in total. The number of hydrogen-bond donors (Lipinski definition) is 3. The van der Waals surface area contributed by atoms with Gasteiger partial charge in [-0.25, -0.2) is 4.79 Å². The molecule has 1 aromatic heterocycles. The molecule has 0 atom stereocenters. The predicted molar refractivity (Wildman–Crippen MR) is 104 cm³/mol. The van der Waals surface area contributed by atoms with E-state index < -0.39 is 5.97 Å². The minimum absolute atomic E-state index is 0.0629. The van der Waals surface area contributed by atoms with Gasteiger partial charge < -0.3 is 10.4 Å². The van der Waals surface area contributed by atoms with E-state index in [1.165, 1.54) is 19.3 Å². The smallest absolute Gasteiger partial charge is 0.324 e. The molecule has 2 aromatic rings. The van der Waals surface area contributed by atoms with E-state index in [1.54, 1.807) is 18.2 Å². The minimum Gasteiger partial charge on any atom is -0.481 e. The Balaban J connectivity index is 1.60. The number of nitrogens with zero attached hydrogens (tertiary/aromatic N) is 2. The first kappa shape index (κ1) is 18.9. The van der Waals surface area contributed by atoms with Crippen LogP contribution >= 0.6 is 0 Å². The average Bonchev–Trinajstić information content (AvgIpc) is 3.01. The van der Waals surface area contributed by atoms with Crippen molar-refractivity contribution >= 4 is 23.5 Å². The number of anilines is 2. The molecule has 1 heterocycles. The van der Waals surface area contributed by atoms with Gasteiger partial charge in [-0.3, -0.25) is 14.8 Å². The monoisotopic (exact) mass is 370 g/mol. The largest absolute Gasteiger partial charge is 0.481 e. The van der Waals surface area contributed by atoms with Gasteiger partial charge in [0.15, 0.2) is 5.82 Å². The molecule has 3 N–H and O–H groups in total. The zero-order chi connectivity index (χ0) is 19.2. The summed E-state index contributed by atoms with van der Waals surface area (Å²) in [5.41, 5.74) is 2.43. The van der Waals surface area contributed by atoms with Crippen molar-refractivity contribution < 1.29 is 14.7 Å². The molecule has 1 saturated carbocycles. The van der Waals surface area contributed by atoms with Crippen molar-refractivity contribution in [1.29, 1.82) is 0 Å². The molecular weight excluding hydrogens is 344 g/mol. The van der Waals surface area contributed by atoms with Crippen molar-refractivity contribution in [3.05, 3.63) is 41.6 Å². The summed E-state index contributed by atoms with van der Waals surface area (Å²) in [6, 6.07) is 7.27. The number of urea groups is 1. The molecule has 1 fully saturated rings. The highest BCUT2D eigenvalue weighted by Gasteiger charge is 2.18. The maximum absolute atomic E-state index is 12.3. The first-order valence-corrected chi connectivity index (χ1v) is 9.46. The number of aromatic nitrogens is 2. The van der Waals surface area contributed by atoms with Crippen LogP contribution in [0.1, 0.15) is 55.7 Å². The second kappa shape index (κ2) is 8.70. The van der Waals surface area contributed by atoms with Crippen molar-refractivity contribution in [2.24, 2.45) is 0 Å². The number of carboxylic acids is 1. The summed E-state index contributed by atoms with van der Waals surface area (Å²) in [5, 5.41) is 18.9. The Morgan fingerprint density at radius 2 is 2.00 bits per heavy atom. The van der Waals surface area contributed by atoms with E-state index in [9.17, 15) is 9.59 Å². The first-order valence-electron chi connectivity index (χ1n) is 9.46. The van der Waals surface area contributed by atoms with Crippen LogP contribution in [-0.2, 0) is 11.2 Å². The number of nitrogens with one attached hydrogen (secondary N) is 2. The normalized spacial score (nSPS) is 14.7. The third-order valence-corrected chi connectivity index (χ3v) is 4.91. The topological polar surface area (TPSA) is 96.3 Å². The molecule has 0 saturated heterocycles. The van der Waals surface area contributed by atoms with Crippen LogP contribution in [0.15, 0.2) is 30.5 Å². The Kier molecular flexibility index (Phi) is 6.11. The molecule has 1 aliphatic carbocycles. The van der Waals surface area contributed by atoms with Crippen LogP contribution < -0.4 is 10.6 Å². The van der Waals surface area contributed by atoms with E-state index in [0.29, 0.717) is 24.0 Å². The van der Waals surface area contributed by atoms with E-state index in [0.717, 1.165) is 24.0 Å². The van der Waals surface area contributed by atoms with Gasteiger partial charge in [0.1, 0.15) is 0 Å². The van der Waals surface area contributed by atoms with Crippen LogP contribution in [0.2, 0.25) is 0 Å². The van der Waals surface area contributed by atoms with Crippen LogP contribution in [-0.4, -0.2) is 26.9 Å². The lowest BCUT2D eigenvalue weighted by molar-refractivity contribution is -0.136. The Bertz CT molecular complexity index is 809. The van der Waals surface area contributed by atoms with Gasteiger partial charge >= 0.3 is 12.0 Å². The van der Waals surface area contributed by atoms with Gasteiger partial charge in [0.05, 0.1) is 6.04 Å². The van der Waals surface area contributed by atoms with Crippen LogP contribution in [0.4, 0.5) is 16.3 Å². The lowest BCUT2D eigenvalue weighted by Gasteiger charge is -2.21. The number of hydrogen-bond acceptors (Lipinski definition) is 3. The highest BCUT2D eigenvalue weighted by Crippen LogP contribution is 2.29. The molecule has 1 aliphatic rings. The zero-order valence-electron chi connectivity index (χ0n) is 15.6. The van der Waals surface area contributed by atoms with Crippen LogP contribution in [0.3, 0.4) is 0 Å². The molecule has 0 unspecified atom stereocenters. The number of rotatable bonds is 6. The van der Waals surface area contributed by atoms with Gasteiger partial charge in [-0.1, -0.05) is 31.4 Å². The van der Waals surface area contributed by atoms with Crippen molar-refractivity contribution in [2.75, 3.05) is 10.6 Å². The standard InChI is InChI=1S/C20H26N4O3/c1-14-13-24(17-8-3-2-4-9-17)23-19(14)22-20(27)21-16-7-5-6-15(12-16)10-11-18(25)26/h5-7,12-13,17H,2-4,8-11H2,1H3,(H,25,26)(H2,21,22,23,27). The van der Waals surface area contributed by atoms with Crippen LogP contribution in [0, 0.1) is 6.92 Å². The average molecular weight is 370 g/mol. The van der Waals surface area contributed by atoms with Crippen LogP contribution in [0.25, 0.3) is 0 Å². The van der Waals surface area contributed by atoms with Crippen LogP contribution in [0.5, 0.6) is 0 Å². The molecule has 0 spiro atoms. The highest BCUT2D eigenvalue weighted by molar-refractivity contribution is 5.99. The maximum Gasteiger partial charge on any atom is 0.324 e. The molecule has 27 heavy (non-hydrogen) atoms. The van der Waals surface area contributed by atoms with Gasteiger partial charge in [-0.2, -0.15) is 5.10 Å². The molecule has 0 aliphatic heterocycles. The molecule has 0 bridgehead atoms. The maximum atomic E-state index is 12.3. The number of carboxylic acid groups (broad SMARTS) is 1. The molecule has 1 aromatic carbocycles. The zero-order valence-corrected chi connectivity index (χ0v) is 15.6. The molecule has 144 valence electrons. The van der Waals surface area contributed by atoms with Gasteiger partial charge in [0.2, 0.25) is 0 Å². The number of carbonyl (C=O) groups excluding carboxylic acids is 1. The van der Waals surface area contributed by atoms with Crippen molar-refractivity contribution in [3.63, 3.8) is 0 Å². The third kappa shape index (κ3) is 5.32. The van der Waals surface area contributed by atoms with E-state index >= 15 is 0 Å². The third-order valence-electron chi connectivity index (χ3n) is 4.91. The van der Waals surface area contributed by atoms with Gasteiger partial charge in [-0.05, 0) is 43.9 Å². The van der Waals surface area contributed by atoms with Gasteiger partial charge in [0, 0.05) is 23.9 Å². The highest BCUT2D eigenvalue weighted by atomic mass is 16.4. The number of amides is 2. The molecule has 3 rings (SSSR count). The summed E-state index contributed by atoms with van der Waals surface area (Å²) in [6.45, 7) is 1.94. The lowest BCUT2D eigenvalue weighted by atomic mass is 9.96. The Hall–Kier alpha value is -2.83. The lowest BCUT2D eigenvalue weighted by Crippen LogP contribution is -2.21. The molecular formula is C20H26N4O3. The first-order chi connectivity index (χ1) is 13.0. The molecule has 7 heteroatoms. The second-order valence-corrected chi connectivity index (χ2v) is 7.11. The quantitative estimate of drug-likeness (QED) is 0.704. The predicted octanol–water partition coefficient (Wildman–Crippen LogP) is 4.36. The summed E-state index contributed by atoms with van der Waals surface area (Å²) in [4.78, 5) is 23.0. The molecule has 2 amide bonds. The van der Waals surface area contributed by atoms with Crippen molar-refractivity contribution in [1.82, 2.24) is 9.78 Å². The number of carbonyl (C=O) groups is 2.